The van der Waals surface area contributed by atoms with Crippen molar-refractivity contribution in [3.63, 3.8) is 0 Å². The zero-order valence-corrected chi connectivity index (χ0v) is 29.6. The van der Waals surface area contributed by atoms with E-state index in [4.69, 9.17) is 4.42 Å². The lowest BCUT2D eigenvalue weighted by molar-refractivity contribution is 0.661. The van der Waals surface area contributed by atoms with Crippen LogP contribution in [0, 0.1) is 0 Å². The molecule has 53 heavy (non-hydrogen) atoms. The predicted molar refractivity (Wildman–Crippen MR) is 224 cm³/mol. The summed E-state index contributed by atoms with van der Waals surface area (Å²) in [6.07, 6.45) is 0. The van der Waals surface area contributed by atoms with Crippen LogP contribution in [-0.4, -0.2) is 0 Å². The average molecular weight is 678 g/mol. The summed E-state index contributed by atoms with van der Waals surface area (Å²) >= 11 is 0. The normalized spacial score (nSPS) is 13.2. The molecule has 1 aliphatic carbocycles. The molecule has 0 spiro atoms. The molecule has 1 aromatic heterocycles. The van der Waals surface area contributed by atoms with Crippen molar-refractivity contribution in [1.29, 1.82) is 0 Å². The molecule has 2 heteroatoms. The van der Waals surface area contributed by atoms with E-state index in [2.05, 4.69) is 189 Å². The fraction of sp³-hybridized carbons (Fsp3) is 0.0588. The largest absolute Gasteiger partial charge is 0.456 e. The van der Waals surface area contributed by atoms with Gasteiger partial charge in [0.05, 0.1) is 11.4 Å². The number of benzene rings is 9. The van der Waals surface area contributed by atoms with E-state index in [1.807, 2.05) is 6.07 Å². The second kappa shape index (κ2) is 11.2. The Morgan fingerprint density at radius 3 is 1.92 bits per heavy atom. The first kappa shape index (κ1) is 30.0. The van der Waals surface area contributed by atoms with E-state index >= 15 is 0 Å². The second-order valence-electron chi connectivity index (χ2n) is 14.9. The maximum absolute atomic E-state index is 6.36. The van der Waals surface area contributed by atoms with Crippen molar-refractivity contribution in [2.45, 2.75) is 19.3 Å². The molecule has 1 aliphatic rings. The molecule has 250 valence electrons. The zero-order chi connectivity index (χ0) is 35.3. The van der Waals surface area contributed by atoms with Crippen LogP contribution in [0.3, 0.4) is 0 Å². The third kappa shape index (κ3) is 4.45. The SMILES string of the molecule is CC1(C)c2cc3ccccc3cc2-c2cccc(N(c3ccc4oc5ccccc5c4c3)c3ccc4ccccc4c3-c3ccc4ccccc4c3)c21. The Kier molecular flexibility index (Phi) is 6.33. The molecule has 0 radical (unpaired) electrons. The quantitative estimate of drug-likeness (QED) is 0.184. The Balaban J connectivity index is 1.24. The summed E-state index contributed by atoms with van der Waals surface area (Å²) in [6.45, 7) is 4.79. The monoisotopic (exact) mass is 677 g/mol. The van der Waals surface area contributed by atoms with Gasteiger partial charge in [-0.2, -0.15) is 0 Å². The van der Waals surface area contributed by atoms with Crippen LogP contribution in [0.5, 0.6) is 0 Å². The molecule has 0 amide bonds. The lowest BCUT2D eigenvalue weighted by Gasteiger charge is -2.34. The Morgan fingerprint density at radius 1 is 0.434 bits per heavy atom. The lowest BCUT2D eigenvalue weighted by atomic mass is 9.80. The van der Waals surface area contributed by atoms with Gasteiger partial charge in [0.25, 0.3) is 0 Å². The highest BCUT2D eigenvalue weighted by Gasteiger charge is 2.39. The standard InChI is InChI=1S/C51H35NO/c1-51(2)44-30-36-16-6-5-15-35(36)29-42(44)41-19-11-20-46(50(41)51)52(38-25-27-48-43(31-38)40-18-9-10-21-47(40)53-48)45-26-24-33-13-7-8-17-39(33)49(45)37-23-22-32-12-3-4-14-34(32)28-37/h3-31H,1-2H3. The first-order valence-corrected chi connectivity index (χ1v) is 18.4. The molecule has 2 nitrogen and oxygen atoms in total. The highest BCUT2D eigenvalue weighted by atomic mass is 16.3. The van der Waals surface area contributed by atoms with Gasteiger partial charge in [0.15, 0.2) is 0 Å². The van der Waals surface area contributed by atoms with Gasteiger partial charge in [0.1, 0.15) is 11.2 Å². The summed E-state index contributed by atoms with van der Waals surface area (Å²) in [6, 6.07) is 64.4. The van der Waals surface area contributed by atoms with Gasteiger partial charge in [-0.15, -0.1) is 0 Å². The summed E-state index contributed by atoms with van der Waals surface area (Å²) in [7, 11) is 0. The van der Waals surface area contributed by atoms with Crippen LogP contribution in [0.15, 0.2) is 180 Å². The molecule has 0 atom stereocenters. The van der Waals surface area contributed by atoms with E-state index in [9.17, 15) is 0 Å². The van der Waals surface area contributed by atoms with E-state index in [0.717, 1.165) is 33.3 Å². The van der Waals surface area contributed by atoms with Gasteiger partial charge < -0.3 is 9.32 Å². The first-order valence-electron chi connectivity index (χ1n) is 18.4. The molecule has 0 unspecified atom stereocenters. The molecule has 0 fully saturated rings. The molecule has 11 rings (SSSR count). The highest BCUT2D eigenvalue weighted by molar-refractivity contribution is 6.10. The Morgan fingerprint density at radius 2 is 1.09 bits per heavy atom. The lowest BCUT2D eigenvalue weighted by Crippen LogP contribution is -2.21. The van der Waals surface area contributed by atoms with E-state index in [1.54, 1.807) is 0 Å². The van der Waals surface area contributed by atoms with Crippen molar-refractivity contribution < 1.29 is 4.42 Å². The molecular weight excluding hydrogens is 643 g/mol. The van der Waals surface area contributed by atoms with E-state index in [-0.39, 0.29) is 5.41 Å². The number of anilines is 3. The summed E-state index contributed by atoms with van der Waals surface area (Å²) in [5, 5.41) is 9.67. The summed E-state index contributed by atoms with van der Waals surface area (Å²) in [5.74, 6) is 0. The second-order valence-corrected chi connectivity index (χ2v) is 14.9. The van der Waals surface area contributed by atoms with Crippen molar-refractivity contribution in [1.82, 2.24) is 0 Å². The molecule has 0 aliphatic heterocycles. The minimum Gasteiger partial charge on any atom is -0.456 e. The maximum Gasteiger partial charge on any atom is 0.135 e. The van der Waals surface area contributed by atoms with Crippen LogP contribution in [0.1, 0.15) is 25.0 Å². The van der Waals surface area contributed by atoms with Crippen molar-refractivity contribution in [2.75, 3.05) is 4.90 Å². The van der Waals surface area contributed by atoms with Crippen LogP contribution in [0.25, 0.3) is 76.5 Å². The zero-order valence-electron chi connectivity index (χ0n) is 29.6. The summed E-state index contributed by atoms with van der Waals surface area (Å²) in [4.78, 5) is 2.52. The molecule has 9 aromatic carbocycles. The number of rotatable bonds is 4. The summed E-state index contributed by atoms with van der Waals surface area (Å²) < 4.78 is 6.36. The number of para-hydroxylation sites is 1. The number of furan rings is 1. The topological polar surface area (TPSA) is 16.4 Å². The van der Waals surface area contributed by atoms with Crippen LogP contribution >= 0.6 is 0 Å². The van der Waals surface area contributed by atoms with Gasteiger partial charge in [-0.3, -0.25) is 0 Å². The molecule has 0 saturated heterocycles. The molecule has 0 N–H and O–H groups in total. The van der Waals surface area contributed by atoms with Gasteiger partial charge in [0.2, 0.25) is 0 Å². The fourth-order valence-corrected chi connectivity index (χ4v) is 9.08. The molecule has 0 saturated carbocycles. The molecule has 1 heterocycles. The van der Waals surface area contributed by atoms with Gasteiger partial charge >= 0.3 is 0 Å². The molecule has 0 bridgehead atoms. The number of nitrogens with zero attached hydrogens (tertiary/aromatic N) is 1. The van der Waals surface area contributed by atoms with E-state index in [0.29, 0.717) is 0 Å². The minimum atomic E-state index is -0.254. The average Bonchev–Trinajstić information content (AvgIpc) is 3.68. The van der Waals surface area contributed by atoms with E-state index in [1.165, 1.54) is 71.4 Å². The van der Waals surface area contributed by atoms with Crippen LogP contribution in [-0.2, 0) is 5.41 Å². The Hall–Kier alpha value is -6.64. The number of fused-ring (bicyclic) bond motifs is 9. The van der Waals surface area contributed by atoms with Crippen molar-refractivity contribution in [3.8, 4) is 22.3 Å². The van der Waals surface area contributed by atoms with Gasteiger partial charge in [-0.25, -0.2) is 0 Å². The van der Waals surface area contributed by atoms with Crippen LogP contribution in [0.2, 0.25) is 0 Å². The van der Waals surface area contributed by atoms with E-state index < -0.39 is 0 Å². The van der Waals surface area contributed by atoms with Gasteiger partial charge in [-0.1, -0.05) is 135 Å². The van der Waals surface area contributed by atoms with Crippen molar-refractivity contribution in [3.05, 3.63) is 187 Å². The molecule has 10 aromatic rings. The fourth-order valence-electron chi connectivity index (χ4n) is 9.08. The summed E-state index contributed by atoms with van der Waals surface area (Å²) in [5.41, 5.74) is 12.6. The third-order valence-corrected chi connectivity index (χ3v) is 11.6. The Bertz CT molecular complexity index is 3110. The predicted octanol–water partition coefficient (Wildman–Crippen LogP) is 14.5. The number of hydrogen-bond acceptors (Lipinski definition) is 2. The van der Waals surface area contributed by atoms with Gasteiger partial charge in [-0.05, 0) is 115 Å². The molecular formula is C51H35NO. The third-order valence-electron chi connectivity index (χ3n) is 11.6. The van der Waals surface area contributed by atoms with Crippen molar-refractivity contribution in [2.24, 2.45) is 0 Å². The van der Waals surface area contributed by atoms with Crippen LogP contribution in [0.4, 0.5) is 17.1 Å². The number of hydrogen-bond donors (Lipinski definition) is 0. The smallest absolute Gasteiger partial charge is 0.135 e. The van der Waals surface area contributed by atoms with Gasteiger partial charge in [0, 0.05) is 27.4 Å². The highest BCUT2D eigenvalue weighted by Crippen LogP contribution is 2.56. The maximum atomic E-state index is 6.36. The Labute approximate surface area is 308 Å². The minimum absolute atomic E-state index is 0.254. The van der Waals surface area contributed by atoms with Crippen LogP contribution < -0.4 is 4.90 Å². The van der Waals surface area contributed by atoms with Crippen molar-refractivity contribution >= 4 is 71.3 Å². The first-order chi connectivity index (χ1) is 26.0.